The van der Waals surface area contributed by atoms with Crippen molar-refractivity contribution >= 4 is 5.91 Å². The molecule has 0 fully saturated rings. The van der Waals surface area contributed by atoms with Crippen molar-refractivity contribution in [3.63, 3.8) is 0 Å². The molecule has 0 rings (SSSR count). The molecule has 3 nitrogen and oxygen atoms in total. The van der Waals surface area contributed by atoms with Crippen LogP contribution in [-0.2, 0) is 4.79 Å². The summed E-state index contributed by atoms with van der Waals surface area (Å²) in [5.41, 5.74) is 0. The summed E-state index contributed by atoms with van der Waals surface area (Å²) < 4.78 is 0. The molecule has 0 aliphatic heterocycles. The lowest BCUT2D eigenvalue weighted by atomic mass is 10.1. The molecule has 1 amide bonds. The Morgan fingerprint density at radius 2 is 2.08 bits per heavy atom. The van der Waals surface area contributed by atoms with E-state index in [-0.39, 0.29) is 11.8 Å². The molecule has 74 valence electrons. The van der Waals surface area contributed by atoms with Crippen molar-refractivity contribution in [2.24, 2.45) is 11.8 Å². The van der Waals surface area contributed by atoms with Crippen LogP contribution in [0.3, 0.4) is 0 Å². The van der Waals surface area contributed by atoms with Gasteiger partial charge < -0.3 is 5.32 Å². The Morgan fingerprint density at radius 1 is 1.46 bits per heavy atom. The van der Waals surface area contributed by atoms with Crippen LogP contribution in [0.2, 0.25) is 0 Å². The number of hydrogen-bond donors (Lipinski definition) is 1. The van der Waals surface area contributed by atoms with Crippen molar-refractivity contribution in [3.05, 3.63) is 0 Å². The van der Waals surface area contributed by atoms with E-state index in [0.717, 1.165) is 6.42 Å². The molecule has 0 spiro atoms. The van der Waals surface area contributed by atoms with Gasteiger partial charge in [-0.15, -0.1) is 0 Å². The van der Waals surface area contributed by atoms with Gasteiger partial charge in [0.05, 0.1) is 12.0 Å². The number of carbonyl (C=O) groups excluding carboxylic acids is 1. The van der Waals surface area contributed by atoms with Crippen molar-refractivity contribution < 1.29 is 4.79 Å². The van der Waals surface area contributed by atoms with Gasteiger partial charge in [0.1, 0.15) is 0 Å². The molecule has 0 bridgehead atoms. The molecule has 0 saturated heterocycles. The maximum atomic E-state index is 11.1. The Hall–Kier alpha value is -1.04. The van der Waals surface area contributed by atoms with Crippen LogP contribution in [-0.4, -0.2) is 12.5 Å². The number of nitrogens with one attached hydrogen (secondary N) is 1. The van der Waals surface area contributed by atoms with E-state index < -0.39 is 0 Å². The van der Waals surface area contributed by atoms with E-state index in [1.807, 2.05) is 6.07 Å². The summed E-state index contributed by atoms with van der Waals surface area (Å²) in [5.74, 6) is 0.405. The van der Waals surface area contributed by atoms with Gasteiger partial charge in [-0.05, 0) is 19.3 Å². The van der Waals surface area contributed by atoms with Gasteiger partial charge in [-0.25, -0.2) is 0 Å². The largest absolute Gasteiger partial charge is 0.356 e. The van der Waals surface area contributed by atoms with E-state index in [9.17, 15) is 4.79 Å². The fourth-order valence-corrected chi connectivity index (χ4v) is 0.896. The first-order chi connectivity index (χ1) is 6.06. The average Bonchev–Trinajstić information content (AvgIpc) is 2.03. The molecule has 0 radical (unpaired) electrons. The highest BCUT2D eigenvalue weighted by Crippen LogP contribution is 2.00. The lowest BCUT2D eigenvalue weighted by Crippen LogP contribution is -2.26. The Morgan fingerprint density at radius 3 is 2.54 bits per heavy atom. The minimum atomic E-state index is -0.181. The average molecular weight is 182 g/mol. The molecule has 1 atom stereocenters. The summed E-state index contributed by atoms with van der Waals surface area (Å²) in [6.45, 7) is 6.70. The van der Waals surface area contributed by atoms with E-state index in [2.05, 4.69) is 19.2 Å². The van der Waals surface area contributed by atoms with Gasteiger partial charge in [-0.1, -0.05) is 13.8 Å². The third-order valence-electron chi connectivity index (χ3n) is 1.76. The fourth-order valence-electron chi connectivity index (χ4n) is 0.896. The van der Waals surface area contributed by atoms with E-state index in [0.29, 0.717) is 18.9 Å². The summed E-state index contributed by atoms with van der Waals surface area (Å²) in [7, 11) is 0. The summed E-state index contributed by atoms with van der Waals surface area (Å²) in [4.78, 5) is 11.1. The van der Waals surface area contributed by atoms with E-state index >= 15 is 0 Å². The van der Waals surface area contributed by atoms with Crippen LogP contribution < -0.4 is 5.32 Å². The number of amides is 1. The summed E-state index contributed by atoms with van der Waals surface area (Å²) in [6.07, 6.45) is 1.31. The van der Waals surface area contributed by atoms with Gasteiger partial charge in [-0.2, -0.15) is 5.26 Å². The second kappa shape index (κ2) is 6.47. The normalized spacial score (nSPS) is 12.2. The summed E-state index contributed by atoms with van der Waals surface area (Å²) in [5, 5.41) is 11.3. The lowest BCUT2D eigenvalue weighted by molar-refractivity contribution is -0.121. The zero-order chi connectivity index (χ0) is 10.3. The van der Waals surface area contributed by atoms with Crippen molar-refractivity contribution in [1.82, 2.24) is 5.32 Å². The van der Waals surface area contributed by atoms with Crippen LogP contribution in [0, 0.1) is 23.2 Å². The molecular weight excluding hydrogens is 164 g/mol. The maximum Gasteiger partial charge on any atom is 0.221 e. The maximum absolute atomic E-state index is 11.1. The second-order valence-corrected chi connectivity index (χ2v) is 3.77. The first kappa shape index (κ1) is 12.0. The first-order valence-corrected chi connectivity index (χ1v) is 4.72. The number of carbonyl (C=O) groups is 1. The third-order valence-corrected chi connectivity index (χ3v) is 1.76. The highest BCUT2D eigenvalue weighted by molar-refractivity contribution is 5.76. The van der Waals surface area contributed by atoms with Gasteiger partial charge >= 0.3 is 0 Å². The molecule has 0 saturated carbocycles. The zero-order valence-corrected chi connectivity index (χ0v) is 8.63. The fraction of sp³-hybridized carbons (Fsp3) is 0.800. The van der Waals surface area contributed by atoms with Gasteiger partial charge in [0, 0.05) is 13.0 Å². The summed E-state index contributed by atoms with van der Waals surface area (Å²) in [6, 6.07) is 2.03. The van der Waals surface area contributed by atoms with Crippen molar-refractivity contribution in [1.29, 1.82) is 5.26 Å². The van der Waals surface area contributed by atoms with Gasteiger partial charge in [0.25, 0.3) is 0 Å². The molecule has 0 heterocycles. The number of hydrogen-bond acceptors (Lipinski definition) is 2. The van der Waals surface area contributed by atoms with Gasteiger partial charge in [0.15, 0.2) is 0 Å². The Kier molecular flexibility index (Phi) is 5.96. The van der Waals surface area contributed by atoms with Crippen molar-refractivity contribution in [2.75, 3.05) is 6.54 Å². The minimum absolute atomic E-state index is 0.0188. The van der Waals surface area contributed by atoms with E-state index in [4.69, 9.17) is 5.26 Å². The molecular formula is C10H18N2O. The number of rotatable bonds is 5. The highest BCUT2D eigenvalue weighted by atomic mass is 16.1. The van der Waals surface area contributed by atoms with Crippen LogP contribution >= 0.6 is 0 Å². The molecule has 1 unspecified atom stereocenters. The first-order valence-electron chi connectivity index (χ1n) is 4.72. The monoisotopic (exact) mass is 182 g/mol. The topological polar surface area (TPSA) is 52.9 Å². The van der Waals surface area contributed by atoms with Crippen molar-refractivity contribution in [2.45, 2.75) is 33.6 Å². The van der Waals surface area contributed by atoms with Gasteiger partial charge in [0.2, 0.25) is 5.91 Å². The zero-order valence-electron chi connectivity index (χ0n) is 8.63. The van der Waals surface area contributed by atoms with Crippen LogP contribution in [0.1, 0.15) is 33.6 Å². The van der Waals surface area contributed by atoms with Crippen LogP contribution in [0.15, 0.2) is 0 Å². The molecule has 0 aromatic rings. The SMILES string of the molecule is CC(C)CCNC(=O)CC(C)C#N. The predicted molar refractivity (Wildman–Crippen MR) is 51.9 cm³/mol. The van der Waals surface area contributed by atoms with Crippen LogP contribution in [0.4, 0.5) is 0 Å². The molecule has 0 aromatic carbocycles. The standard InChI is InChI=1S/C10H18N2O/c1-8(2)4-5-12-10(13)6-9(3)7-11/h8-9H,4-6H2,1-3H3,(H,12,13). The van der Waals surface area contributed by atoms with Crippen LogP contribution in [0.25, 0.3) is 0 Å². The third kappa shape index (κ3) is 7.32. The number of nitrogens with zero attached hydrogens (tertiary/aromatic N) is 1. The minimum Gasteiger partial charge on any atom is -0.356 e. The van der Waals surface area contributed by atoms with E-state index in [1.165, 1.54) is 0 Å². The molecule has 1 N–H and O–H groups in total. The van der Waals surface area contributed by atoms with Gasteiger partial charge in [-0.3, -0.25) is 4.79 Å². The second-order valence-electron chi connectivity index (χ2n) is 3.77. The molecule has 13 heavy (non-hydrogen) atoms. The highest BCUT2D eigenvalue weighted by Gasteiger charge is 2.06. The molecule has 0 aliphatic carbocycles. The molecule has 0 aromatic heterocycles. The van der Waals surface area contributed by atoms with E-state index in [1.54, 1.807) is 6.92 Å². The summed E-state index contributed by atoms with van der Waals surface area (Å²) >= 11 is 0. The Labute approximate surface area is 80.1 Å². The Balaban J connectivity index is 3.48. The van der Waals surface area contributed by atoms with Crippen LogP contribution in [0.5, 0.6) is 0 Å². The lowest BCUT2D eigenvalue weighted by Gasteiger charge is -2.07. The molecule has 0 aliphatic rings. The molecule has 3 heteroatoms. The quantitative estimate of drug-likeness (QED) is 0.703. The smallest absolute Gasteiger partial charge is 0.221 e. The number of nitriles is 1. The van der Waals surface area contributed by atoms with Crippen molar-refractivity contribution in [3.8, 4) is 6.07 Å². The Bertz CT molecular complexity index is 194. The predicted octanol–water partition coefficient (Wildman–Crippen LogP) is 1.70.